The standard InChI is InChI=1S/C30H41N9OS.C24H30N8OS.C24H29N7O2S/c1-19(2)39-25-18-31-30(34-27(25)36(6)29-26(28(39)40)32-21(4)41-29)33-24-8-7-23(17-20(24)3)37-11-9-22(10-12-37)38-15-13-35(5)14-16-38;1-15(2)32-19-14-25-24(28-21(19)30(5)23-20(22(32)33)26-16(3)34-23)27-17-6-8-18(9-7-17)31-12-10-29(4)11-13-31;1-14(2)31-19-13-25-24(28-21(19)29(4)23-20(22(31)33)26-15(3)34-23)27-16-5-7-17(8-6-16)30-11-9-18(32)10-12-30/h7-8,17-19,22H,9-16H2,1-6H3,(H,31,33,34);6-9,14-15H,10-13H2,1-5H3,(H,25,27,28);5-8,13-14,18,32H,9-12H2,1-4H3,(H,25,27,28). The minimum Gasteiger partial charge on any atom is -0.393 e. The Kier molecular flexibility index (Phi) is 22.4. The number of piperidine rings is 2. The summed E-state index contributed by atoms with van der Waals surface area (Å²) < 4.78 is 0. The van der Waals surface area contributed by atoms with Crippen molar-refractivity contribution in [2.75, 3.05) is 174 Å². The summed E-state index contributed by atoms with van der Waals surface area (Å²) in [6.45, 7) is 32.7. The molecule has 0 radical (unpaired) electrons. The highest BCUT2D eigenvalue weighted by Gasteiger charge is 2.40. The molecule has 0 unspecified atom stereocenters. The second-order valence-corrected chi connectivity index (χ2v) is 33.4. The van der Waals surface area contributed by atoms with Crippen molar-refractivity contribution in [3.8, 4) is 0 Å². The minimum absolute atomic E-state index is 0.0582. The van der Waals surface area contributed by atoms with Crippen molar-refractivity contribution < 1.29 is 19.5 Å². The van der Waals surface area contributed by atoms with E-state index in [-0.39, 0.29) is 42.0 Å². The summed E-state index contributed by atoms with van der Waals surface area (Å²) in [5, 5.41) is 24.7. The maximum absolute atomic E-state index is 13.5. The highest BCUT2D eigenvalue weighted by molar-refractivity contribution is 7.17. The number of nitrogens with one attached hydrogen (secondary N) is 3. The number of aliphatic hydroxyl groups is 1. The number of aromatic nitrogens is 9. The van der Waals surface area contributed by atoms with Gasteiger partial charge < -0.3 is 60.3 Å². The topological polar surface area (TPSA) is 262 Å². The van der Waals surface area contributed by atoms with Gasteiger partial charge in [0.15, 0.2) is 34.5 Å². The molecule has 0 bridgehead atoms. The maximum atomic E-state index is 13.5. The van der Waals surface area contributed by atoms with E-state index in [1.807, 2.05) is 110 Å². The number of anilines is 18. The smallest absolute Gasteiger partial charge is 0.280 e. The van der Waals surface area contributed by atoms with Gasteiger partial charge in [-0.15, -0.1) is 34.0 Å². The Hall–Kier alpha value is -9.76. The zero-order valence-corrected chi connectivity index (χ0v) is 67.5. The third kappa shape index (κ3) is 16.0. The molecule has 0 spiro atoms. The summed E-state index contributed by atoms with van der Waals surface area (Å²) in [7, 11) is 10.2. The molecule has 31 heteroatoms. The molecule has 7 aliphatic heterocycles. The van der Waals surface area contributed by atoms with Crippen LogP contribution in [0.15, 0.2) is 85.3 Å². The van der Waals surface area contributed by atoms with Crippen LogP contribution in [0, 0.1) is 27.7 Å². The molecule has 13 heterocycles. The van der Waals surface area contributed by atoms with Crippen molar-refractivity contribution in [2.24, 2.45) is 0 Å². The van der Waals surface area contributed by atoms with E-state index in [1.165, 1.54) is 84.4 Å². The number of hydrogen-bond acceptors (Lipinski definition) is 28. The molecule has 6 aromatic heterocycles. The van der Waals surface area contributed by atoms with Crippen LogP contribution >= 0.6 is 34.0 Å². The van der Waals surface area contributed by atoms with Gasteiger partial charge in [-0.05, 0) is 181 Å². The summed E-state index contributed by atoms with van der Waals surface area (Å²) >= 11 is 4.49. The van der Waals surface area contributed by atoms with Crippen molar-refractivity contribution in [2.45, 2.75) is 125 Å². The lowest BCUT2D eigenvalue weighted by molar-refractivity contribution is 0.0969. The van der Waals surface area contributed by atoms with Crippen LogP contribution in [0.3, 0.4) is 0 Å². The number of aliphatic hydroxyl groups excluding tert-OH is 1. The van der Waals surface area contributed by atoms with E-state index >= 15 is 0 Å². The first-order valence-electron chi connectivity index (χ1n) is 37.7. The second kappa shape index (κ2) is 32.1. The molecular weight excluding hydrogens is 1430 g/mol. The summed E-state index contributed by atoms with van der Waals surface area (Å²) in [5.74, 6) is 3.09. The molecule has 7 aliphatic rings. The third-order valence-electron chi connectivity index (χ3n) is 21.1. The molecule has 3 amide bonds. The fraction of sp³-hybridized carbons (Fsp3) is 0.462. The van der Waals surface area contributed by atoms with Crippen molar-refractivity contribution >= 4 is 153 Å². The summed E-state index contributed by atoms with van der Waals surface area (Å²) in [5.41, 5.74) is 11.0. The molecule has 9 aromatic rings. The number of fused-ring (bicyclic) bond motifs is 6. The lowest BCUT2D eigenvalue weighted by atomic mass is 10.0. The number of aryl methyl sites for hydroxylation is 4. The molecule has 3 aromatic carbocycles. The van der Waals surface area contributed by atoms with Crippen molar-refractivity contribution in [1.29, 1.82) is 0 Å². The van der Waals surface area contributed by atoms with Crippen LogP contribution in [0.25, 0.3) is 0 Å². The van der Waals surface area contributed by atoms with Gasteiger partial charge in [0.05, 0.1) is 39.7 Å². The number of carbonyl (C=O) groups is 3. The maximum Gasteiger partial charge on any atom is 0.280 e. The van der Waals surface area contributed by atoms with E-state index < -0.39 is 0 Å². The van der Waals surface area contributed by atoms with Crippen LogP contribution in [-0.4, -0.2) is 226 Å². The van der Waals surface area contributed by atoms with Gasteiger partial charge in [-0.1, -0.05) is 0 Å². The second-order valence-electron chi connectivity index (χ2n) is 29.9. The average molecular weight is 1530 g/mol. The van der Waals surface area contributed by atoms with Crippen molar-refractivity contribution in [1.82, 2.24) is 59.6 Å². The van der Waals surface area contributed by atoms with Gasteiger partial charge in [0.2, 0.25) is 17.8 Å². The number of rotatable bonds is 13. The third-order valence-corrected chi connectivity index (χ3v) is 24.3. The van der Waals surface area contributed by atoms with Gasteiger partial charge in [-0.2, -0.15) is 15.0 Å². The molecule has 4 saturated heterocycles. The first-order valence-corrected chi connectivity index (χ1v) is 40.2. The number of amides is 3. The Morgan fingerprint density at radius 3 is 1.13 bits per heavy atom. The molecule has 28 nitrogen and oxygen atoms in total. The van der Waals surface area contributed by atoms with Gasteiger partial charge in [0, 0.05) is 158 Å². The van der Waals surface area contributed by atoms with Gasteiger partial charge in [0.1, 0.15) is 32.1 Å². The first kappa shape index (κ1) is 76.0. The lowest BCUT2D eigenvalue weighted by Crippen LogP contribution is -2.52. The molecule has 4 fully saturated rings. The van der Waals surface area contributed by atoms with Crippen LogP contribution in [-0.2, 0) is 0 Å². The predicted molar refractivity (Wildman–Crippen MR) is 442 cm³/mol. The highest BCUT2D eigenvalue weighted by Crippen LogP contribution is 2.46. The zero-order valence-electron chi connectivity index (χ0n) is 65.1. The Bertz CT molecular complexity index is 4580. The fourth-order valence-corrected chi connectivity index (χ4v) is 17.7. The van der Waals surface area contributed by atoms with Gasteiger partial charge in [-0.25, -0.2) is 29.9 Å². The molecule has 0 saturated carbocycles. The Balaban J connectivity index is 0.000000137. The number of hydrogen-bond donors (Lipinski definition) is 4. The summed E-state index contributed by atoms with van der Waals surface area (Å²) in [4.78, 5) is 108. The number of carbonyl (C=O) groups excluding carboxylic acids is 3. The molecular formula is C78H100N24O4S3. The number of benzene rings is 3. The van der Waals surface area contributed by atoms with Crippen LogP contribution in [0.5, 0.6) is 0 Å². The predicted octanol–water partition coefficient (Wildman–Crippen LogP) is 12.6. The Morgan fingerprint density at radius 2 is 0.752 bits per heavy atom. The number of piperazine rings is 2. The lowest BCUT2D eigenvalue weighted by Gasteiger charge is -2.42. The van der Waals surface area contributed by atoms with E-state index in [0.717, 1.165) is 124 Å². The molecule has 0 aliphatic carbocycles. The average Bonchev–Trinajstić information content (AvgIpc) is 1.62. The van der Waals surface area contributed by atoms with Crippen LogP contribution in [0.1, 0.15) is 119 Å². The molecule has 109 heavy (non-hydrogen) atoms. The van der Waals surface area contributed by atoms with E-state index in [2.05, 4.69) is 151 Å². The molecule has 16 rings (SSSR count). The van der Waals surface area contributed by atoms with Gasteiger partial charge in [-0.3, -0.25) is 34.0 Å². The monoisotopic (exact) mass is 1530 g/mol. The van der Waals surface area contributed by atoms with Crippen LogP contribution < -0.4 is 60.0 Å². The summed E-state index contributed by atoms with van der Waals surface area (Å²) in [6.07, 6.45) is 9.02. The number of thiazole rings is 3. The first-order chi connectivity index (χ1) is 52.3. The van der Waals surface area contributed by atoms with Gasteiger partial charge >= 0.3 is 0 Å². The Morgan fingerprint density at radius 1 is 0.413 bits per heavy atom. The zero-order chi connectivity index (χ0) is 76.8. The largest absolute Gasteiger partial charge is 0.393 e. The van der Waals surface area contributed by atoms with Crippen molar-refractivity contribution in [3.05, 3.63) is 123 Å². The van der Waals surface area contributed by atoms with E-state index in [4.69, 9.17) is 15.0 Å². The van der Waals surface area contributed by atoms with Crippen molar-refractivity contribution in [3.63, 3.8) is 0 Å². The normalized spacial score (nSPS) is 17.5. The van der Waals surface area contributed by atoms with E-state index in [0.29, 0.717) is 75.5 Å². The Labute approximate surface area is 650 Å². The van der Waals surface area contributed by atoms with E-state index in [1.54, 1.807) is 33.3 Å². The highest BCUT2D eigenvalue weighted by atomic mass is 32.1. The quantitative estimate of drug-likeness (QED) is 0.0836. The van der Waals surface area contributed by atoms with Crippen LogP contribution in [0.4, 0.5) is 101 Å². The fourth-order valence-electron chi connectivity index (χ4n) is 15.1. The molecule has 4 N–H and O–H groups in total. The number of likely N-dealkylation sites (N-methyl/N-ethyl adjacent to an activating group) is 2. The van der Waals surface area contributed by atoms with Crippen LogP contribution in [0.2, 0.25) is 0 Å². The molecule has 574 valence electrons. The summed E-state index contributed by atoms with van der Waals surface area (Å²) in [6, 6.07) is 23.6. The SMILES string of the molecule is Cc1nc2c(s1)N(C)c1nc(Nc3ccc(N4CCC(N5CCN(C)CC5)CC4)cc3C)ncc1N(C(C)C)C2=O.Cc1nc2c(s1)N(C)c1nc(Nc3ccc(N4CCC(O)CC4)cc3)ncc1N(C(C)C)C2=O.Cc1nc2c(s1)N(C)c1nc(Nc3ccc(N4CCN(C)CC4)cc3)ncc1N(C(C)C)C2=O. The minimum atomic E-state index is -0.187. The molecule has 0 atom stereocenters. The number of nitrogens with zero attached hydrogens (tertiary/aromatic N) is 21. The van der Waals surface area contributed by atoms with E-state index in [9.17, 15) is 19.5 Å². The van der Waals surface area contributed by atoms with Gasteiger partial charge in [0.25, 0.3) is 17.7 Å².